The van der Waals surface area contributed by atoms with E-state index in [-0.39, 0.29) is 11.6 Å². The van der Waals surface area contributed by atoms with Crippen LogP contribution in [0.4, 0.5) is 11.4 Å². The molecule has 0 aliphatic carbocycles. The maximum atomic E-state index is 13.4. The molecule has 4 rings (SSSR count). The molecular weight excluding hydrogens is 394 g/mol. The van der Waals surface area contributed by atoms with Crippen LogP contribution in [0.15, 0.2) is 42.7 Å². The summed E-state index contributed by atoms with van der Waals surface area (Å²) in [6.07, 6.45) is 5.75. The molecule has 0 unspecified atom stereocenters. The van der Waals surface area contributed by atoms with Gasteiger partial charge in [-0.05, 0) is 37.0 Å². The first kappa shape index (κ1) is 21.2. The van der Waals surface area contributed by atoms with Gasteiger partial charge in [0.1, 0.15) is 6.54 Å². The molecule has 1 N–H and O–H groups in total. The zero-order valence-electron chi connectivity index (χ0n) is 18.0. The molecule has 2 aromatic rings. The molecule has 2 saturated heterocycles. The lowest BCUT2D eigenvalue weighted by Crippen LogP contribution is -3.13. The third kappa shape index (κ3) is 5.02. The smallest absolute Gasteiger partial charge is 0.270 e. The van der Waals surface area contributed by atoms with Gasteiger partial charge in [0.2, 0.25) is 0 Å². The molecule has 0 radical (unpaired) electrons. The Bertz CT molecular complexity index is 920. The number of amides is 1. The second-order valence-electron chi connectivity index (χ2n) is 8.70. The van der Waals surface area contributed by atoms with Crippen molar-refractivity contribution in [3.05, 3.63) is 64.0 Å². The molecule has 3 heterocycles. The third-order valence-electron chi connectivity index (χ3n) is 6.51. The van der Waals surface area contributed by atoms with Gasteiger partial charge in [0.25, 0.3) is 11.6 Å². The molecule has 2 aliphatic heterocycles. The number of pyridine rings is 1. The standard InChI is InChI=1S/C23H29N5O3/c1-18-6-10-26(11-7-18)22-3-2-20(28(30)31)16-21(22)23(29)27-14-12-25(13-15-27)17-19-4-8-24-9-5-19/h2-5,8-9,16,18H,6-7,10-15,17H2,1H3/p+1. The normalized spacial score (nSPS) is 18.2. The summed E-state index contributed by atoms with van der Waals surface area (Å²) in [4.78, 5) is 33.9. The average molecular weight is 425 g/mol. The molecule has 0 saturated carbocycles. The Morgan fingerprint density at radius 1 is 1.13 bits per heavy atom. The Morgan fingerprint density at radius 2 is 1.81 bits per heavy atom. The van der Waals surface area contributed by atoms with Crippen molar-refractivity contribution in [3.63, 3.8) is 0 Å². The zero-order valence-corrected chi connectivity index (χ0v) is 18.0. The van der Waals surface area contributed by atoms with Gasteiger partial charge in [-0.2, -0.15) is 0 Å². The maximum Gasteiger partial charge on any atom is 0.270 e. The van der Waals surface area contributed by atoms with Gasteiger partial charge >= 0.3 is 0 Å². The number of carbonyl (C=O) groups is 1. The lowest BCUT2D eigenvalue weighted by Gasteiger charge is -2.35. The largest absolute Gasteiger partial charge is 0.371 e. The summed E-state index contributed by atoms with van der Waals surface area (Å²) in [6, 6.07) is 8.79. The van der Waals surface area contributed by atoms with Crippen LogP contribution in [-0.4, -0.2) is 60.0 Å². The van der Waals surface area contributed by atoms with Crippen LogP contribution in [0.2, 0.25) is 0 Å². The van der Waals surface area contributed by atoms with Gasteiger partial charge in [-0.3, -0.25) is 19.9 Å². The molecule has 164 valence electrons. The quantitative estimate of drug-likeness (QED) is 0.584. The number of piperidine rings is 1. The molecule has 1 amide bonds. The van der Waals surface area contributed by atoms with Crippen LogP contribution in [0.5, 0.6) is 0 Å². The highest BCUT2D eigenvalue weighted by Gasteiger charge is 2.29. The Balaban J connectivity index is 1.48. The van der Waals surface area contributed by atoms with Gasteiger partial charge in [-0.1, -0.05) is 6.92 Å². The van der Waals surface area contributed by atoms with Crippen molar-refractivity contribution in [1.29, 1.82) is 0 Å². The van der Waals surface area contributed by atoms with Crippen LogP contribution < -0.4 is 9.80 Å². The molecule has 8 heteroatoms. The molecule has 2 fully saturated rings. The predicted molar refractivity (Wildman–Crippen MR) is 118 cm³/mol. The molecule has 8 nitrogen and oxygen atoms in total. The molecule has 31 heavy (non-hydrogen) atoms. The molecule has 0 spiro atoms. The number of nitro benzene ring substituents is 1. The van der Waals surface area contributed by atoms with Crippen LogP contribution in [0.1, 0.15) is 35.7 Å². The lowest BCUT2D eigenvalue weighted by atomic mass is 9.97. The Labute approximate surface area is 182 Å². The molecular formula is C23H30N5O3+. The second-order valence-corrected chi connectivity index (χ2v) is 8.70. The second kappa shape index (κ2) is 9.43. The summed E-state index contributed by atoms with van der Waals surface area (Å²) in [6.45, 7) is 7.94. The van der Waals surface area contributed by atoms with Crippen molar-refractivity contribution in [2.24, 2.45) is 5.92 Å². The number of hydrogen-bond donors (Lipinski definition) is 1. The van der Waals surface area contributed by atoms with Crippen LogP contribution >= 0.6 is 0 Å². The SMILES string of the molecule is CC1CCN(c2ccc([N+](=O)[O-])cc2C(=O)N2CC[NH+](Cc3ccncc3)CC2)CC1. The Hall–Kier alpha value is -3.00. The van der Waals surface area contributed by atoms with Gasteiger partial charge in [-0.25, -0.2) is 0 Å². The van der Waals surface area contributed by atoms with Gasteiger partial charge in [0, 0.05) is 43.2 Å². The third-order valence-corrected chi connectivity index (χ3v) is 6.51. The van der Waals surface area contributed by atoms with Crippen molar-refractivity contribution in [2.45, 2.75) is 26.3 Å². The average Bonchev–Trinajstić information content (AvgIpc) is 2.80. The van der Waals surface area contributed by atoms with Crippen LogP contribution in [0.3, 0.4) is 0 Å². The van der Waals surface area contributed by atoms with Gasteiger partial charge in [-0.15, -0.1) is 0 Å². The topological polar surface area (TPSA) is 84.0 Å². The number of carbonyl (C=O) groups excluding carboxylic acids is 1. The summed E-state index contributed by atoms with van der Waals surface area (Å²) in [7, 11) is 0. The molecule has 1 aromatic heterocycles. The minimum absolute atomic E-state index is 0.0283. The number of aromatic nitrogens is 1. The number of nitro groups is 1. The number of anilines is 1. The summed E-state index contributed by atoms with van der Waals surface area (Å²) >= 11 is 0. The highest BCUT2D eigenvalue weighted by Crippen LogP contribution is 2.30. The van der Waals surface area contributed by atoms with Crippen molar-refractivity contribution < 1.29 is 14.6 Å². The van der Waals surface area contributed by atoms with Gasteiger partial charge in [0.15, 0.2) is 0 Å². The number of piperazine rings is 1. The number of quaternary nitrogens is 1. The van der Waals surface area contributed by atoms with Crippen molar-refractivity contribution >= 4 is 17.3 Å². The van der Waals surface area contributed by atoms with Gasteiger partial charge in [0.05, 0.1) is 42.4 Å². The first-order valence-electron chi connectivity index (χ1n) is 11.1. The van der Waals surface area contributed by atoms with E-state index in [1.54, 1.807) is 18.5 Å². The highest BCUT2D eigenvalue weighted by atomic mass is 16.6. The Kier molecular flexibility index (Phi) is 6.46. The van der Waals surface area contributed by atoms with E-state index in [9.17, 15) is 14.9 Å². The fourth-order valence-electron chi connectivity index (χ4n) is 4.50. The van der Waals surface area contributed by atoms with E-state index < -0.39 is 4.92 Å². The summed E-state index contributed by atoms with van der Waals surface area (Å²) in [5.74, 6) is 0.574. The van der Waals surface area contributed by atoms with Crippen molar-refractivity contribution in [3.8, 4) is 0 Å². The number of hydrogen-bond acceptors (Lipinski definition) is 5. The highest BCUT2D eigenvalue weighted by molar-refractivity contribution is 6.00. The van der Waals surface area contributed by atoms with Gasteiger partial charge < -0.3 is 14.7 Å². The van der Waals surface area contributed by atoms with Crippen LogP contribution in [-0.2, 0) is 6.54 Å². The molecule has 1 aromatic carbocycles. The molecule has 0 atom stereocenters. The zero-order chi connectivity index (χ0) is 21.8. The number of benzene rings is 1. The van der Waals surface area contributed by atoms with E-state index in [2.05, 4.69) is 16.8 Å². The molecule has 0 bridgehead atoms. The minimum atomic E-state index is -0.421. The summed E-state index contributed by atoms with van der Waals surface area (Å²) < 4.78 is 0. The van der Waals surface area contributed by atoms with Crippen molar-refractivity contribution in [1.82, 2.24) is 9.88 Å². The summed E-state index contributed by atoms with van der Waals surface area (Å²) in [5.41, 5.74) is 2.50. The maximum absolute atomic E-state index is 13.4. The van der Waals surface area contributed by atoms with E-state index in [0.717, 1.165) is 51.3 Å². The number of non-ortho nitro benzene ring substituents is 1. The lowest BCUT2D eigenvalue weighted by molar-refractivity contribution is -0.917. The van der Waals surface area contributed by atoms with Crippen LogP contribution in [0, 0.1) is 16.0 Å². The van der Waals surface area contributed by atoms with Crippen molar-refractivity contribution in [2.75, 3.05) is 44.2 Å². The first-order chi connectivity index (χ1) is 15.0. The minimum Gasteiger partial charge on any atom is -0.371 e. The Morgan fingerprint density at radius 3 is 2.45 bits per heavy atom. The molecule has 2 aliphatic rings. The first-order valence-corrected chi connectivity index (χ1v) is 11.1. The number of rotatable bonds is 5. The summed E-state index contributed by atoms with van der Waals surface area (Å²) in [5, 5.41) is 11.4. The number of nitrogens with one attached hydrogen (secondary N) is 1. The predicted octanol–water partition coefficient (Wildman–Crippen LogP) is 1.77. The number of nitrogens with zero attached hydrogens (tertiary/aromatic N) is 4. The van der Waals surface area contributed by atoms with Crippen LogP contribution in [0.25, 0.3) is 0 Å². The fraction of sp³-hybridized carbons (Fsp3) is 0.478. The van der Waals surface area contributed by atoms with E-state index in [1.165, 1.54) is 22.6 Å². The monoisotopic (exact) mass is 424 g/mol. The van der Waals surface area contributed by atoms with E-state index in [0.29, 0.717) is 24.6 Å². The van der Waals surface area contributed by atoms with E-state index in [4.69, 9.17) is 0 Å². The fourth-order valence-corrected chi connectivity index (χ4v) is 4.50. The van der Waals surface area contributed by atoms with E-state index in [1.807, 2.05) is 17.0 Å². The van der Waals surface area contributed by atoms with E-state index >= 15 is 0 Å².